The minimum Gasteiger partial charge on any atom is -0.494 e. The molecule has 1 aliphatic rings. The average Bonchev–Trinajstić information content (AvgIpc) is 3.05. The zero-order valence-corrected chi connectivity index (χ0v) is 16.3. The first-order valence-electron chi connectivity index (χ1n) is 9.22. The third kappa shape index (κ3) is 4.66. The molecule has 6 nitrogen and oxygen atoms in total. The van der Waals surface area contributed by atoms with Gasteiger partial charge in [0.25, 0.3) is 5.91 Å². The first-order chi connectivity index (χ1) is 13.0. The van der Waals surface area contributed by atoms with E-state index in [1.807, 2.05) is 38.1 Å². The number of nitrogens with one attached hydrogen (secondary N) is 1. The summed E-state index contributed by atoms with van der Waals surface area (Å²) in [6.07, 6.45) is 2.62. The van der Waals surface area contributed by atoms with Gasteiger partial charge in [-0.2, -0.15) is 0 Å². The normalized spacial score (nSPS) is 19.5. The minimum absolute atomic E-state index is 0.0310. The van der Waals surface area contributed by atoms with Crippen LogP contribution in [0.2, 0.25) is 0 Å². The van der Waals surface area contributed by atoms with E-state index in [4.69, 9.17) is 9.84 Å². The van der Waals surface area contributed by atoms with Crippen molar-refractivity contribution in [2.24, 2.45) is 5.92 Å². The van der Waals surface area contributed by atoms with Gasteiger partial charge in [0.2, 0.25) is 0 Å². The molecule has 3 rings (SSSR count). The van der Waals surface area contributed by atoms with E-state index in [-0.39, 0.29) is 17.9 Å². The number of thiazole rings is 1. The zero-order chi connectivity index (χ0) is 19.4. The maximum Gasteiger partial charge on any atom is 0.306 e. The molecular weight excluding hydrogens is 364 g/mol. The summed E-state index contributed by atoms with van der Waals surface area (Å²) in [6, 6.07) is 7.71. The quantitative estimate of drug-likeness (QED) is 0.784. The molecule has 2 aromatic rings. The predicted molar refractivity (Wildman–Crippen MR) is 104 cm³/mol. The van der Waals surface area contributed by atoms with Crippen molar-refractivity contribution in [2.75, 3.05) is 6.61 Å². The SMILES string of the molecule is CCOc1ccc(-c2nc(C)c(C(=O)NC3CCC(C(=O)O)CC3)s2)cc1. The second-order valence-electron chi connectivity index (χ2n) is 6.75. The van der Waals surface area contributed by atoms with Crippen LogP contribution in [0.4, 0.5) is 0 Å². The van der Waals surface area contributed by atoms with E-state index in [9.17, 15) is 9.59 Å². The molecule has 0 radical (unpaired) electrons. The molecule has 1 heterocycles. The van der Waals surface area contributed by atoms with E-state index >= 15 is 0 Å². The van der Waals surface area contributed by atoms with Gasteiger partial charge in [-0.3, -0.25) is 9.59 Å². The molecule has 1 aromatic heterocycles. The third-order valence-corrected chi connectivity index (χ3v) is 6.03. The van der Waals surface area contributed by atoms with Crippen LogP contribution in [0.3, 0.4) is 0 Å². The maximum absolute atomic E-state index is 12.7. The van der Waals surface area contributed by atoms with Gasteiger partial charge >= 0.3 is 5.97 Å². The zero-order valence-electron chi connectivity index (χ0n) is 15.5. The molecule has 7 heteroatoms. The monoisotopic (exact) mass is 388 g/mol. The number of carboxylic acid groups (broad SMARTS) is 1. The molecule has 1 aliphatic carbocycles. The molecular formula is C20H24N2O4S. The number of rotatable bonds is 6. The highest BCUT2D eigenvalue weighted by molar-refractivity contribution is 7.17. The van der Waals surface area contributed by atoms with Gasteiger partial charge in [0.1, 0.15) is 15.6 Å². The molecule has 2 N–H and O–H groups in total. The Morgan fingerprint density at radius 3 is 2.48 bits per heavy atom. The summed E-state index contributed by atoms with van der Waals surface area (Å²) in [4.78, 5) is 28.9. The highest BCUT2D eigenvalue weighted by atomic mass is 32.1. The summed E-state index contributed by atoms with van der Waals surface area (Å²) in [5.41, 5.74) is 1.66. The number of nitrogens with zero attached hydrogens (tertiary/aromatic N) is 1. The van der Waals surface area contributed by atoms with Crippen molar-refractivity contribution in [1.29, 1.82) is 0 Å². The second kappa shape index (κ2) is 8.52. The Labute approximate surface area is 162 Å². The van der Waals surface area contributed by atoms with Gasteiger partial charge in [0.05, 0.1) is 18.2 Å². The van der Waals surface area contributed by atoms with Crippen LogP contribution < -0.4 is 10.1 Å². The van der Waals surface area contributed by atoms with Crippen LogP contribution in [-0.4, -0.2) is 34.6 Å². The van der Waals surface area contributed by atoms with Crippen LogP contribution >= 0.6 is 11.3 Å². The van der Waals surface area contributed by atoms with E-state index in [0.29, 0.717) is 42.9 Å². The molecule has 27 heavy (non-hydrogen) atoms. The lowest BCUT2D eigenvalue weighted by Crippen LogP contribution is -2.38. The maximum atomic E-state index is 12.7. The summed E-state index contributed by atoms with van der Waals surface area (Å²) in [6.45, 7) is 4.40. The van der Waals surface area contributed by atoms with Gasteiger partial charge in [0.15, 0.2) is 0 Å². The van der Waals surface area contributed by atoms with Crippen molar-refractivity contribution in [2.45, 2.75) is 45.6 Å². The number of aliphatic carboxylic acids is 1. The Kier molecular flexibility index (Phi) is 6.11. The Morgan fingerprint density at radius 2 is 1.89 bits per heavy atom. The summed E-state index contributed by atoms with van der Waals surface area (Å²) < 4.78 is 5.45. The van der Waals surface area contributed by atoms with Crippen molar-refractivity contribution in [1.82, 2.24) is 10.3 Å². The Bertz CT molecular complexity index is 808. The van der Waals surface area contributed by atoms with Crippen molar-refractivity contribution in [3.8, 4) is 16.3 Å². The van der Waals surface area contributed by atoms with Crippen LogP contribution in [0.15, 0.2) is 24.3 Å². The van der Waals surface area contributed by atoms with Crippen LogP contribution in [0.1, 0.15) is 48.0 Å². The van der Waals surface area contributed by atoms with Gasteiger partial charge < -0.3 is 15.2 Å². The molecule has 0 atom stereocenters. The lowest BCUT2D eigenvalue weighted by Gasteiger charge is -2.26. The largest absolute Gasteiger partial charge is 0.494 e. The highest BCUT2D eigenvalue weighted by Crippen LogP contribution is 2.30. The number of carbonyl (C=O) groups is 2. The highest BCUT2D eigenvalue weighted by Gasteiger charge is 2.27. The number of carboxylic acids is 1. The molecule has 0 unspecified atom stereocenters. The molecule has 0 bridgehead atoms. The van der Waals surface area contributed by atoms with Gasteiger partial charge in [-0.1, -0.05) is 0 Å². The van der Waals surface area contributed by atoms with E-state index in [2.05, 4.69) is 10.3 Å². The first kappa shape index (κ1) is 19.4. The fraction of sp³-hybridized carbons (Fsp3) is 0.450. The van der Waals surface area contributed by atoms with Crippen LogP contribution in [0.5, 0.6) is 5.75 Å². The lowest BCUT2D eigenvalue weighted by molar-refractivity contribution is -0.142. The molecule has 0 saturated heterocycles. The second-order valence-corrected chi connectivity index (χ2v) is 7.75. The lowest BCUT2D eigenvalue weighted by atomic mass is 9.86. The Morgan fingerprint density at radius 1 is 1.22 bits per heavy atom. The van der Waals surface area contributed by atoms with Crippen molar-refractivity contribution < 1.29 is 19.4 Å². The number of aryl methyl sites for hydroxylation is 1. The average molecular weight is 388 g/mol. The van der Waals surface area contributed by atoms with E-state index in [0.717, 1.165) is 16.3 Å². The van der Waals surface area contributed by atoms with Gasteiger partial charge in [-0.05, 0) is 63.8 Å². The van der Waals surface area contributed by atoms with Crippen molar-refractivity contribution in [3.63, 3.8) is 0 Å². The summed E-state index contributed by atoms with van der Waals surface area (Å²) in [7, 11) is 0. The minimum atomic E-state index is -0.738. The number of ether oxygens (including phenoxy) is 1. The number of benzene rings is 1. The third-order valence-electron chi connectivity index (χ3n) is 4.83. The molecule has 0 spiro atoms. The van der Waals surface area contributed by atoms with E-state index in [1.54, 1.807) is 0 Å². The first-order valence-corrected chi connectivity index (χ1v) is 10.0. The molecule has 0 aliphatic heterocycles. The van der Waals surface area contributed by atoms with E-state index < -0.39 is 5.97 Å². The smallest absolute Gasteiger partial charge is 0.306 e. The number of hydrogen-bond donors (Lipinski definition) is 2. The Hall–Kier alpha value is -2.41. The number of carbonyl (C=O) groups excluding carboxylic acids is 1. The molecule has 1 aromatic carbocycles. The molecule has 1 fully saturated rings. The topological polar surface area (TPSA) is 88.5 Å². The van der Waals surface area contributed by atoms with Gasteiger partial charge in [0, 0.05) is 11.6 Å². The fourth-order valence-electron chi connectivity index (χ4n) is 3.33. The van der Waals surface area contributed by atoms with Gasteiger partial charge in [-0.15, -0.1) is 11.3 Å². The number of aromatic nitrogens is 1. The van der Waals surface area contributed by atoms with Crippen LogP contribution in [0.25, 0.3) is 10.6 Å². The van der Waals surface area contributed by atoms with Crippen molar-refractivity contribution in [3.05, 3.63) is 34.8 Å². The predicted octanol–water partition coefficient (Wildman–Crippen LogP) is 3.89. The molecule has 144 valence electrons. The summed E-state index contributed by atoms with van der Waals surface area (Å²) in [5, 5.41) is 12.9. The Balaban J connectivity index is 1.65. The fourth-order valence-corrected chi connectivity index (χ4v) is 4.30. The summed E-state index contributed by atoms with van der Waals surface area (Å²) in [5.74, 6) is -0.335. The summed E-state index contributed by atoms with van der Waals surface area (Å²) >= 11 is 1.38. The van der Waals surface area contributed by atoms with Crippen LogP contribution in [-0.2, 0) is 4.79 Å². The molecule has 1 amide bonds. The van der Waals surface area contributed by atoms with E-state index in [1.165, 1.54) is 11.3 Å². The number of hydrogen-bond acceptors (Lipinski definition) is 5. The molecule has 1 saturated carbocycles. The van der Waals surface area contributed by atoms with Crippen molar-refractivity contribution >= 4 is 23.2 Å². The number of amides is 1. The van der Waals surface area contributed by atoms with Crippen LogP contribution in [0, 0.1) is 12.8 Å². The van der Waals surface area contributed by atoms with Gasteiger partial charge in [-0.25, -0.2) is 4.98 Å². The standard InChI is InChI=1S/C20H24N2O4S/c1-3-26-16-10-6-13(7-11-16)19-21-12(2)17(27-19)18(23)22-15-8-4-14(5-9-15)20(24)25/h6-7,10-11,14-15H,3-5,8-9H2,1-2H3,(H,22,23)(H,24,25).